The highest BCUT2D eigenvalue weighted by molar-refractivity contribution is 5.15. The van der Waals surface area contributed by atoms with Crippen molar-refractivity contribution in [3.8, 4) is 0 Å². The zero-order valence-corrected chi connectivity index (χ0v) is 8.45. The van der Waals surface area contributed by atoms with Gasteiger partial charge in [0, 0.05) is 6.04 Å². The van der Waals surface area contributed by atoms with Crippen LogP contribution in [0.3, 0.4) is 0 Å². The second kappa shape index (κ2) is 4.70. The van der Waals surface area contributed by atoms with Crippen molar-refractivity contribution < 1.29 is 0 Å². The van der Waals surface area contributed by atoms with Crippen molar-refractivity contribution in [1.82, 2.24) is 15.0 Å². The third-order valence-electron chi connectivity index (χ3n) is 2.21. The smallest absolute Gasteiger partial charge is 0.0761 e. The predicted molar refractivity (Wildman–Crippen MR) is 58.1 cm³/mol. The van der Waals surface area contributed by atoms with Gasteiger partial charge in [0.05, 0.1) is 18.9 Å². The van der Waals surface area contributed by atoms with Crippen LogP contribution in [0.25, 0.3) is 0 Å². The first-order valence-corrected chi connectivity index (χ1v) is 4.98. The summed E-state index contributed by atoms with van der Waals surface area (Å²) >= 11 is 0. The third kappa shape index (κ3) is 2.89. The maximum absolute atomic E-state index is 6.00. The molecule has 78 valence electrons. The molecule has 2 aromatic rings. The first-order valence-electron chi connectivity index (χ1n) is 4.98. The van der Waals surface area contributed by atoms with E-state index in [2.05, 4.69) is 22.3 Å². The van der Waals surface area contributed by atoms with Crippen LogP contribution in [0.15, 0.2) is 42.7 Å². The van der Waals surface area contributed by atoms with Crippen molar-refractivity contribution in [2.45, 2.75) is 19.0 Å². The summed E-state index contributed by atoms with van der Waals surface area (Å²) in [6, 6.07) is 10.3. The topological polar surface area (TPSA) is 56.7 Å². The molecule has 0 aliphatic heterocycles. The molecule has 15 heavy (non-hydrogen) atoms. The van der Waals surface area contributed by atoms with E-state index in [4.69, 9.17) is 5.73 Å². The first-order chi connectivity index (χ1) is 7.34. The Bertz CT molecular complexity index is 382. The minimum Gasteiger partial charge on any atom is -0.326 e. The Morgan fingerprint density at radius 1 is 1.13 bits per heavy atom. The van der Waals surface area contributed by atoms with E-state index < -0.39 is 0 Å². The summed E-state index contributed by atoms with van der Waals surface area (Å²) < 4.78 is 0. The van der Waals surface area contributed by atoms with Gasteiger partial charge >= 0.3 is 0 Å². The van der Waals surface area contributed by atoms with Gasteiger partial charge in [-0.1, -0.05) is 30.3 Å². The summed E-state index contributed by atoms with van der Waals surface area (Å²) in [6.45, 7) is 0.655. The largest absolute Gasteiger partial charge is 0.326 e. The van der Waals surface area contributed by atoms with E-state index in [-0.39, 0.29) is 6.04 Å². The fourth-order valence-corrected chi connectivity index (χ4v) is 1.53. The lowest BCUT2D eigenvalue weighted by molar-refractivity contribution is 0.461. The molecule has 0 radical (unpaired) electrons. The SMILES string of the molecule is N[C@H](Cc1ccccc1)Cn1nccn1. The van der Waals surface area contributed by atoms with Gasteiger partial charge in [0.15, 0.2) is 0 Å². The van der Waals surface area contributed by atoms with Crippen LogP contribution in [0.5, 0.6) is 0 Å². The second-order valence-electron chi connectivity index (χ2n) is 3.53. The van der Waals surface area contributed by atoms with E-state index in [1.54, 1.807) is 17.2 Å². The molecule has 0 saturated heterocycles. The Hall–Kier alpha value is -1.68. The van der Waals surface area contributed by atoms with Gasteiger partial charge in [-0.2, -0.15) is 15.0 Å². The molecule has 2 rings (SSSR count). The highest BCUT2D eigenvalue weighted by Crippen LogP contribution is 2.02. The third-order valence-corrected chi connectivity index (χ3v) is 2.21. The van der Waals surface area contributed by atoms with Crippen molar-refractivity contribution >= 4 is 0 Å². The number of nitrogens with two attached hydrogens (primary N) is 1. The quantitative estimate of drug-likeness (QED) is 0.799. The minimum atomic E-state index is 0.0554. The molecule has 1 aromatic heterocycles. The molecule has 0 fully saturated rings. The van der Waals surface area contributed by atoms with Gasteiger partial charge in [0.1, 0.15) is 0 Å². The summed E-state index contributed by atoms with van der Waals surface area (Å²) in [4.78, 5) is 1.62. The van der Waals surface area contributed by atoms with E-state index in [1.807, 2.05) is 18.2 Å². The Morgan fingerprint density at radius 3 is 2.47 bits per heavy atom. The summed E-state index contributed by atoms with van der Waals surface area (Å²) in [5, 5.41) is 8.05. The van der Waals surface area contributed by atoms with Crippen LogP contribution in [-0.2, 0) is 13.0 Å². The predicted octanol–water partition coefficient (Wildman–Crippen LogP) is 0.848. The molecule has 0 bridgehead atoms. The van der Waals surface area contributed by atoms with Crippen molar-refractivity contribution in [1.29, 1.82) is 0 Å². The lowest BCUT2D eigenvalue weighted by Crippen LogP contribution is -2.29. The summed E-state index contributed by atoms with van der Waals surface area (Å²) in [5.41, 5.74) is 7.24. The second-order valence-corrected chi connectivity index (χ2v) is 3.53. The molecule has 0 aliphatic rings. The molecule has 2 N–H and O–H groups in total. The van der Waals surface area contributed by atoms with Gasteiger partial charge in [-0.05, 0) is 12.0 Å². The Kier molecular flexibility index (Phi) is 3.09. The standard InChI is InChI=1S/C11H14N4/c12-11(9-15-13-6-7-14-15)8-10-4-2-1-3-5-10/h1-7,11H,8-9,12H2/t11-/m1/s1. The normalized spacial score (nSPS) is 12.6. The fourth-order valence-electron chi connectivity index (χ4n) is 1.53. The summed E-state index contributed by atoms with van der Waals surface area (Å²) in [5.74, 6) is 0. The molecule has 1 heterocycles. The highest BCUT2D eigenvalue weighted by atomic mass is 15.5. The molecule has 0 aliphatic carbocycles. The van der Waals surface area contributed by atoms with E-state index in [0.29, 0.717) is 6.54 Å². The lowest BCUT2D eigenvalue weighted by atomic mass is 10.1. The first kappa shape index (κ1) is 9.86. The monoisotopic (exact) mass is 202 g/mol. The van der Waals surface area contributed by atoms with E-state index in [9.17, 15) is 0 Å². The van der Waals surface area contributed by atoms with Crippen LogP contribution in [0.4, 0.5) is 0 Å². The van der Waals surface area contributed by atoms with Crippen LogP contribution in [-0.4, -0.2) is 21.0 Å². The Labute approximate surface area is 88.7 Å². The molecule has 0 spiro atoms. The summed E-state index contributed by atoms with van der Waals surface area (Å²) in [6.07, 6.45) is 4.17. The van der Waals surface area contributed by atoms with Crippen molar-refractivity contribution in [3.63, 3.8) is 0 Å². The van der Waals surface area contributed by atoms with Gasteiger partial charge < -0.3 is 5.73 Å². The zero-order valence-electron chi connectivity index (χ0n) is 8.45. The van der Waals surface area contributed by atoms with Crippen molar-refractivity contribution in [2.75, 3.05) is 0 Å². The molecule has 1 aromatic carbocycles. The number of hydrogen-bond acceptors (Lipinski definition) is 3. The number of aromatic nitrogens is 3. The van der Waals surface area contributed by atoms with Crippen LogP contribution < -0.4 is 5.73 Å². The fraction of sp³-hybridized carbons (Fsp3) is 0.273. The number of hydrogen-bond donors (Lipinski definition) is 1. The maximum Gasteiger partial charge on any atom is 0.0761 e. The van der Waals surface area contributed by atoms with Crippen molar-refractivity contribution in [3.05, 3.63) is 48.3 Å². The Balaban J connectivity index is 1.90. The van der Waals surface area contributed by atoms with E-state index in [1.165, 1.54) is 5.56 Å². The van der Waals surface area contributed by atoms with Gasteiger partial charge in [-0.25, -0.2) is 0 Å². The summed E-state index contributed by atoms with van der Waals surface area (Å²) in [7, 11) is 0. The van der Waals surface area contributed by atoms with Gasteiger partial charge in [0.2, 0.25) is 0 Å². The molecule has 4 heteroatoms. The van der Waals surface area contributed by atoms with Crippen molar-refractivity contribution in [2.24, 2.45) is 5.73 Å². The van der Waals surface area contributed by atoms with Gasteiger partial charge in [0.25, 0.3) is 0 Å². The van der Waals surface area contributed by atoms with E-state index >= 15 is 0 Å². The number of rotatable bonds is 4. The van der Waals surface area contributed by atoms with Crippen LogP contribution in [0.1, 0.15) is 5.56 Å². The molecule has 1 atom stereocenters. The lowest BCUT2D eigenvalue weighted by Gasteiger charge is -2.10. The van der Waals surface area contributed by atoms with Gasteiger partial charge in [-0.3, -0.25) is 0 Å². The minimum absolute atomic E-state index is 0.0554. The molecule has 4 nitrogen and oxygen atoms in total. The van der Waals surface area contributed by atoms with Crippen LogP contribution >= 0.6 is 0 Å². The van der Waals surface area contributed by atoms with Gasteiger partial charge in [-0.15, -0.1) is 0 Å². The molecular formula is C11H14N4. The average molecular weight is 202 g/mol. The number of benzene rings is 1. The molecule has 0 unspecified atom stereocenters. The highest BCUT2D eigenvalue weighted by Gasteiger charge is 2.05. The van der Waals surface area contributed by atoms with Crippen LogP contribution in [0, 0.1) is 0 Å². The molecular weight excluding hydrogens is 188 g/mol. The molecule has 0 saturated carbocycles. The zero-order chi connectivity index (χ0) is 10.5. The van der Waals surface area contributed by atoms with Crippen LogP contribution in [0.2, 0.25) is 0 Å². The van der Waals surface area contributed by atoms with E-state index in [0.717, 1.165) is 6.42 Å². The maximum atomic E-state index is 6.00. The average Bonchev–Trinajstić information content (AvgIpc) is 2.71. The molecule has 0 amide bonds. The Morgan fingerprint density at radius 2 is 1.80 bits per heavy atom. The number of nitrogens with zero attached hydrogens (tertiary/aromatic N) is 3.